The number of rotatable bonds is 8. The number of hydrogen-bond donors (Lipinski definition) is 0. The molecule has 0 heterocycles. The second kappa shape index (κ2) is 15.7. The van der Waals surface area contributed by atoms with E-state index in [1.165, 1.54) is 111 Å². The standard InChI is InChI=1S/C67H52/c1-6-23-51-46(7-2)25-20-33-49(51)44(4)57(42-43(3)48-32-21-26-47-24-8-9-27-52(47)48)45(5)50-34-22-41-64-65(50)67(60-37-16-12-30-55(60)56-31-13-17-38-61(56)67)63-40-19-18-39-62(63)66(64)58-35-14-10-28-53(58)54-29-11-15-36-59(54)66/h6-41,45H,2-3,42H2,1,4-5H3/b23-6-,57-44+. The zero-order chi connectivity index (χ0) is 45.4. The van der Waals surface area contributed by atoms with Crippen molar-refractivity contribution in [2.75, 3.05) is 0 Å². The fourth-order valence-electron chi connectivity index (χ4n) is 13.0. The second-order valence-corrected chi connectivity index (χ2v) is 18.7. The summed E-state index contributed by atoms with van der Waals surface area (Å²) in [4.78, 5) is 0. The van der Waals surface area contributed by atoms with Crippen LogP contribution in [0, 0.1) is 0 Å². The highest BCUT2D eigenvalue weighted by Crippen LogP contribution is 2.68. The second-order valence-electron chi connectivity index (χ2n) is 18.7. The maximum Gasteiger partial charge on any atom is 0.0722 e. The molecule has 0 aliphatic heterocycles. The summed E-state index contributed by atoms with van der Waals surface area (Å²) in [5, 5.41) is 2.46. The lowest BCUT2D eigenvalue weighted by Crippen LogP contribution is -2.44. The van der Waals surface area contributed by atoms with Crippen molar-refractivity contribution >= 4 is 34.1 Å². The molecular weight excluding hydrogens is 805 g/mol. The van der Waals surface area contributed by atoms with E-state index in [1.807, 2.05) is 6.08 Å². The van der Waals surface area contributed by atoms with Gasteiger partial charge in [0.2, 0.25) is 0 Å². The zero-order valence-electron chi connectivity index (χ0n) is 38.5. The molecule has 2 spiro atoms. The van der Waals surface area contributed by atoms with Crippen molar-refractivity contribution < 1.29 is 0 Å². The van der Waals surface area contributed by atoms with Crippen LogP contribution in [0.5, 0.6) is 0 Å². The minimum atomic E-state index is -0.605. The number of benzene rings is 9. The van der Waals surface area contributed by atoms with E-state index in [0.717, 1.165) is 11.1 Å². The van der Waals surface area contributed by atoms with E-state index < -0.39 is 10.8 Å². The molecule has 0 heteroatoms. The molecule has 0 bridgehead atoms. The van der Waals surface area contributed by atoms with Crippen LogP contribution in [-0.4, -0.2) is 0 Å². The van der Waals surface area contributed by atoms with E-state index in [-0.39, 0.29) is 5.92 Å². The van der Waals surface area contributed by atoms with Crippen LogP contribution in [0.25, 0.3) is 56.3 Å². The maximum atomic E-state index is 4.95. The van der Waals surface area contributed by atoms with E-state index in [9.17, 15) is 0 Å². The molecule has 0 nitrogen and oxygen atoms in total. The highest BCUT2D eigenvalue weighted by molar-refractivity contribution is 5.96. The minimum Gasteiger partial charge on any atom is -0.0984 e. The van der Waals surface area contributed by atoms with E-state index in [2.05, 4.69) is 240 Å². The average molecular weight is 857 g/mol. The molecule has 12 rings (SSSR count). The first kappa shape index (κ1) is 40.7. The fourth-order valence-corrected chi connectivity index (χ4v) is 13.0. The third-order valence-electron chi connectivity index (χ3n) is 15.7. The van der Waals surface area contributed by atoms with Crippen LogP contribution >= 0.6 is 0 Å². The van der Waals surface area contributed by atoms with Gasteiger partial charge < -0.3 is 0 Å². The van der Waals surface area contributed by atoms with Gasteiger partial charge in [0.05, 0.1) is 10.8 Å². The molecule has 0 amide bonds. The van der Waals surface area contributed by atoms with Gasteiger partial charge in [-0.05, 0) is 137 Å². The molecule has 0 radical (unpaired) electrons. The number of hydrogen-bond acceptors (Lipinski definition) is 0. The number of fused-ring (bicyclic) bond motifs is 17. The van der Waals surface area contributed by atoms with Gasteiger partial charge in [-0.15, -0.1) is 0 Å². The Bertz CT molecular complexity index is 3490. The van der Waals surface area contributed by atoms with Crippen LogP contribution in [-0.2, 0) is 10.8 Å². The minimum absolute atomic E-state index is 0.0291. The van der Waals surface area contributed by atoms with Crippen molar-refractivity contribution in [1.82, 2.24) is 0 Å². The quantitative estimate of drug-likeness (QED) is 0.143. The summed E-state index contributed by atoms with van der Waals surface area (Å²) in [6, 6.07) is 75.6. The van der Waals surface area contributed by atoms with Gasteiger partial charge in [0.1, 0.15) is 0 Å². The Hall–Kier alpha value is -7.80. The molecule has 9 aromatic carbocycles. The molecule has 3 aliphatic rings. The molecule has 0 saturated carbocycles. The topological polar surface area (TPSA) is 0 Å². The molecule has 0 aromatic heterocycles. The average Bonchev–Trinajstić information content (AvgIpc) is 3.85. The van der Waals surface area contributed by atoms with Gasteiger partial charge in [0.15, 0.2) is 0 Å². The Morgan fingerprint density at radius 3 is 1.57 bits per heavy atom. The lowest BCUT2D eigenvalue weighted by atomic mass is 9.51. The third-order valence-corrected chi connectivity index (χ3v) is 15.7. The summed E-state index contributed by atoms with van der Waals surface area (Å²) in [5.41, 5.74) is 24.7. The van der Waals surface area contributed by atoms with Crippen molar-refractivity contribution in [3.8, 4) is 22.3 Å². The smallest absolute Gasteiger partial charge is 0.0722 e. The SMILES string of the molecule is C=Cc1cccc(/C(C)=C(\CC(=C)c2cccc3ccccc23)C(C)c2cccc3c2C2(c4ccccc4-c4ccccc42)c2ccccc2C32c3ccccc3-c3ccccc32)c1/C=C\C. The summed E-state index contributed by atoms with van der Waals surface area (Å²) in [6.45, 7) is 16.1. The Morgan fingerprint density at radius 2 is 0.970 bits per heavy atom. The molecular formula is C67H52. The maximum absolute atomic E-state index is 4.95. The molecule has 9 aromatic rings. The molecule has 1 unspecified atom stereocenters. The van der Waals surface area contributed by atoms with Gasteiger partial charge in [-0.1, -0.05) is 244 Å². The summed E-state index contributed by atoms with van der Waals surface area (Å²) >= 11 is 0. The van der Waals surface area contributed by atoms with Crippen LogP contribution in [0.1, 0.15) is 105 Å². The third kappa shape index (κ3) is 5.60. The Balaban J connectivity index is 1.21. The fraction of sp³-hybridized carbons (Fsp3) is 0.104. The van der Waals surface area contributed by atoms with Gasteiger partial charge in [-0.3, -0.25) is 0 Å². The summed E-state index contributed by atoms with van der Waals surface area (Å²) in [6.07, 6.45) is 7.09. The van der Waals surface area contributed by atoms with Crippen LogP contribution in [0.2, 0.25) is 0 Å². The molecule has 67 heavy (non-hydrogen) atoms. The molecule has 320 valence electrons. The highest BCUT2D eigenvalue weighted by Gasteiger charge is 2.59. The number of allylic oxidation sites excluding steroid dienone is 4. The van der Waals surface area contributed by atoms with Crippen molar-refractivity contribution in [2.24, 2.45) is 0 Å². The molecule has 3 aliphatic carbocycles. The summed E-state index contributed by atoms with van der Waals surface area (Å²) < 4.78 is 0. The molecule has 0 N–H and O–H groups in total. The van der Waals surface area contributed by atoms with Crippen LogP contribution in [0.4, 0.5) is 0 Å². The monoisotopic (exact) mass is 856 g/mol. The van der Waals surface area contributed by atoms with E-state index in [0.29, 0.717) is 6.42 Å². The normalized spacial score (nSPS) is 15.0. The predicted molar refractivity (Wildman–Crippen MR) is 284 cm³/mol. The lowest BCUT2D eigenvalue weighted by Gasteiger charge is -2.50. The van der Waals surface area contributed by atoms with Crippen molar-refractivity contribution in [3.05, 3.63) is 297 Å². The van der Waals surface area contributed by atoms with E-state index >= 15 is 0 Å². The van der Waals surface area contributed by atoms with Crippen LogP contribution in [0.3, 0.4) is 0 Å². The van der Waals surface area contributed by atoms with Crippen LogP contribution < -0.4 is 0 Å². The Morgan fingerprint density at radius 1 is 0.507 bits per heavy atom. The molecule has 0 fully saturated rings. The van der Waals surface area contributed by atoms with Crippen LogP contribution in [0.15, 0.2) is 225 Å². The first-order valence-corrected chi connectivity index (χ1v) is 23.8. The van der Waals surface area contributed by atoms with Gasteiger partial charge in [-0.2, -0.15) is 0 Å². The largest absolute Gasteiger partial charge is 0.0984 e. The van der Waals surface area contributed by atoms with Crippen molar-refractivity contribution in [1.29, 1.82) is 0 Å². The predicted octanol–water partition coefficient (Wildman–Crippen LogP) is 17.2. The summed E-state index contributed by atoms with van der Waals surface area (Å²) in [7, 11) is 0. The molecule has 1 atom stereocenters. The highest BCUT2D eigenvalue weighted by atomic mass is 14.6. The molecule has 0 saturated heterocycles. The van der Waals surface area contributed by atoms with Gasteiger partial charge in [0, 0.05) is 5.92 Å². The Kier molecular flexibility index (Phi) is 9.52. The first-order chi connectivity index (χ1) is 32.9. The first-order valence-electron chi connectivity index (χ1n) is 23.8. The van der Waals surface area contributed by atoms with E-state index in [1.54, 1.807) is 0 Å². The zero-order valence-corrected chi connectivity index (χ0v) is 38.5. The van der Waals surface area contributed by atoms with Gasteiger partial charge in [-0.25, -0.2) is 0 Å². The van der Waals surface area contributed by atoms with E-state index in [4.69, 9.17) is 6.58 Å². The van der Waals surface area contributed by atoms with Gasteiger partial charge in [0.25, 0.3) is 0 Å². The van der Waals surface area contributed by atoms with Gasteiger partial charge >= 0.3 is 0 Å². The lowest BCUT2D eigenvalue weighted by molar-refractivity contribution is 0.620. The van der Waals surface area contributed by atoms with Crippen molar-refractivity contribution in [2.45, 2.75) is 43.9 Å². The Labute approximate surface area is 395 Å². The summed E-state index contributed by atoms with van der Waals surface area (Å²) in [5.74, 6) is -0.0291. The van der Waals surface area contributed by atoms with Crippen molar-refractivity contribution in [3.63, 3.8) is 0 Å².